The van der Waals surface area contributed by atoms with Crippen molar-refractivity contribution < 1.29 is 4.79 Å². The fraction of sp³-hybridized carbons (Fsp3) is 0.417. The monoisotopic (exact) mass is 282 g/mol. The second-order valence-corrected chi connectivity index (χ2v) is 5.12. The molecule has 0 aliphatic carbocycles. The lowest BCUT2D eigenvalue weighted by Gasteiger charge is -2.16. The van der Waals surface area contributed by atoms with E-state index >= 15 is 0 Å². The SMILES string of the molecule is Cc1cc(C(=O)N2CC[C@@H](N)C2)ccc1Br. The van der Waals surface area contributed by atoms with Crippen molar-refractivity contribution in [1.29, 1.82) is 0 Å². The molecule has 1 fully saturated rings. The molecule has 0 saturated carbocycles. The highest BCUT2D eigenvalue weighted by atomic mass is 79.9. The highest BCUT2D eigenvalue weighted by Gasteiger charge is 2.24. The van der Waals surface area contributed by atoms with Gasteiger partial charge in [0.15, 0.2) is 0 Å². The van der Waals surface area contributed by atoms with E-state index in [2.05, 4.69) is 15.9 Å². The Bertz CT molecular complexity index is 419. The van der Waals surface area contributed by atoms with Crippen molar-refractivity contribution >= 4 is 21.8 Å². The highest BCUT2D eigenvalue weighted by Crippen LogP contribution is 2.19. The first kappa shape index (κ1) is 11.6. The zero-order chi connectivity index (χ0) is 11.7. The second kappa shape index (κ2) is 4.55. The summed E-state index contributed by atoms with van der Waals surface area (Å²) in [5.41, 5.74) is 7.62. The molecule has 0 radical (unpaired) electrons. The molecule has 86 valence electrons. The van der Waals surface area contributed by atoms with Gasteiger partial charge in [0.05, 0.1) is 0 Å². The van der Waals surface area contributed by atoms with Gasteiger partial charge < -0.3 is 10.6 Å². The van der Waals surface area contributed by atoms with Gasteiger partial charge in [-0.2, -0.15) is 0 Å². The molecule has 0 unspecified atom stereocenters. The molecule has 0 spiro atoms. The summed E-state index contributed by atoms with van der Waals surface area (Å²) in [6.45, 7) is 3.43. The molecular formula is C12H15BrN2O. The number of likely N-dealkylation sites (tertiary alicyclic amines) is 1. The first-order valence-electron chi connectivity index (χ1n) is 5.39. The molecule has 0 aromatic heterocycles. The van der Waals surface area contributed by atoms with Crippen molar-refractivity contribution in [2.24, 2.45) is 5.73 Å². The summed E-state index contributed by atoms with van der Waals surface area (Å²) in [6, 6.07) is 5.82. The molecule has 1 atom stereocenters. The van der Waals surface area contributed by atoms with Crippen molar-refractivity contribution in [2.45, 2.75) is 19.4 Å². The van der Waals surface area contributed by atoms with E-state index in [0.29, 0.717) is 6.54 Å². The van der Waals surface area contributed by atoms with Crippen LogP contribution in [0.4, 0.5) is 0 Å². The largest absolute Gasteiger partial charge is 0.337 e. The Labute approximate surface area is 104 Å². The Kier molecular flexibility index (Phi) is 3.30. The maximum Gasteiger partial charge on any atom is 0.253 e. The molecule has 1 heterocycles. The molecule has 1 aromatic rings. The van der Waals surface area contributed by atoms with Gasteiger partial charge in [0.2, 0.25) is 0 Å². The highest BCUT2D eigenvalue weighted by molar-refractivity contribution is 9.10. The van der Waals surface area contributed by atoms with Crippen LogP contribution in [-0.4, -0.2) is 29.9 Å². The number of nitrogens with two attached hydrogens (primary N) is 1. The van der Waals surface area contributed by atoms with Crippen LogP contribution in [0.2, 0.25) is 0 Å². The lowest BCUT2D eigenvalue weighted by atomic mass is 10.1. The van der Waals surface area contributed by atoms with E-state index in [1.807, 2.05) is 30.0 Å². The number of aryl methyl sites for hydroxylation is 1. The third kappa shape index (κ3) is 2.28. The predicted molar refractivity (Wildman–Crippen MR) is 67.4 cm³/mol. The topological polar surface area (TPSA) is 46.3 Å². The lowest BCUT2D eigenvalue weighted by molar-refractivity contribution is 0.0791. The van der Waals surface area contributed by atoms with Crippen LogP contribution < -0.4 is 5.73 Å². The average Bonchev–Trinajstić information content (AvgIpc) is 2.68. The van der Waals surface area contributed by atoms with Gasteiger partial charge in [0.25, 0.3) is 5.91 Å². The second-order valence-electron chi connectivity index (χ2n) is 4.26. The third-order valence-electron chi connectivity index (χ3n) is 2.92. The Hall–Kier alpha value is -0.870. The van der Waals surface area contributed by atoms with Crippen molar-refractivity contribution in [3.8, 4) is 0 Å². The molecule has 1 aromatic carbocycles. The number of carbonyl (C=O) groups is 1. The van der Waals surface area contributed by atoms with E-state index in [0.717, 1.165) is 28.6 Å². The quantitative estimate of drug-likeness (QED) is 0.856. The number of amides is 1. The fourth-order valence-corrected chi connectivity index (χ4v) is 2.18. The van der Waals surface area contributed by atoms with Gasteiger partial charge in [-0.1, -0.05) is 15.9 Å². The summed E-state index contributed by atoms with van der Waals surface area (Å²) in [6.07, 6.45) is 0.904. The van der Waals surface area contributed by atoms with E-state index in [1.165, 1.54) is 0 Å². The number of halogens is 1. The van der Waals surface area contributed by atoms with E-state index in [4.69, 9.17) is 5.73 Å². The lowest BCUT2D eigenvalue weighted by Crippen LogP contribution is -2.31. The molecular weight excluding hydrogens is 268 g/mol. The van der Waals surface area contributed by atoms with E-state index in [-0.39, 0.29) is 11.9 Å². The molecule has 1 amide bonds. The van der Waals surface area contributed by atoms with Crippen molar-refractivity contribution in [3.63, 3.8) is 0 Å². The van der Waals surface area contributed by atoms with Gasteiger partial charge in [-0.15, -0.1) is 0 Å². The average molecular weight is 283 g/mol. The first-order chi connectivity index (χ1) is 7.58. The smallest absolute Gasteiger partial charge is 0.253 e. The van der Waals surface area contributed by atoms with Crippen LogP contribution in [0.25, 0.3) is 0 Å². The summed E-state index contributed by atoms with van der Waals surface area (Å²) in [5.74, 6) is 0.0866. The van der Waals surface area contributed by atoms with Crippen molar-refractivity contribution in [2.75, 3.05) is 13.1 Å². The van der Waals surface area contributed by atoms with Crippen LogP contribution in [0.5, 0.6) is 0 Å². The van der Waals surface area contributed by atoms with Crippen LogP contribution >= 0.6 is 15.9 Å². The molecule has 1 aliphatic rings. The number of rotatable bonds is 1. The van der Waals surface area contributed by atoms with Crippen LogP contribution in [0.1, 0.15) is 22.3 Å². The van der Waals surface area contributed by atoms with Crippen molar-refractivity contribution in [1.82, 2.24) is 4.90 Å². The molecule has 0 bridgehead atoms. The minimum Gasteiger partial charge on any atom is -0.337 e. The molecule has 2 N–H and O–H groups in total. The standard InChI is InChI=1S/C12H15BrN2O/c1-8-6-9(2-3-11(8)13)12(16)15-5-4-10(14)7-15/h2-3,6,10H,4-5,7,14H2,1H3/t10-/m1/s1. The van der Waals surface area contributed by atoms with E-state index in [9.17, 15) is 4.79 Å². The normalized spacial score (nSPS) is 20.2. The number of hydrogen-bond acceptors (Lipinski definition) is 2. The Morgan fingerprint density at radius 2 is 2.31 bits per heavy atom. The Balaban J connectivity index is 2.18. The van der Waals surface area contributed by atoms with E-state index < -0.39 is 0 Å². The van der Waals surface area contributed by atoms with Gasteiger partial charge in [-0.25, -0.2) is 0 Å². The summed E-state index contributed by atoms with van der Waals surface area (Å²) < 4.78 is 1.03. The number of carbonyl (C=O) groups excluding carboxylic acids is 1. The zero-order valence-electron chi connectivity index (χ0n) is 9.24. The molecule has 1 aliphatic heterocycles. The molecule has 1 saturated heterocycles. The molecule has 4 heteroatoms. The Morgan fingerprint density at radius 3 is 2.88 bits per heavy atom. The molecule has 3 nitrogen and oxygen atoms in total. The summed E-state index contributed by atoms with van der Waals surface area (Å²) >= 11 is 3.43. The fourth-order valence-electron chi connectivity index (χ4n) is 1.93. The van der Waals surface area contributed by atoms with Gasteiger partial charge in [0.1, 0.15) is 0 Å². The van der Waals surface area contributed by atoms with Crippen LogP contribution in [-0.2, 0) is 0 Å². The van der Waals surface area contributed by atoms with Crippen molar-refractivity contribution in [3.05, 3.63) is 33.8 Å². The Morgan fingerprint density at radius 1 is 1.56 bits per heavy atom. The van der Waals surface area contributed by atoms with Gasteiger partial charge in [-0.3, -0.25) is 4.79 Å². The molecule has 2 rings (SSSR count). The number of nitrogens with zero attached hydrogens (tertiary/aromatic N) is 1. The number of hydrogen-bond donors (Lipinski definition) is 1. The van der Waals surface area contributed by atoms with Gasteiger partial charge >= 0.3 is 0 Å². The van der Waals surface area contributed by atoms with Crippen LogP contribution in [0, 0.1) is 6.92 Å². The first-order valence-corrected chi connectivity index (χ1v) is 6.18. The predicted octanol–water partition coefficient (Wildman–Crippen LogP) is 1.93. The summed E-state index contributed by atoms with van der Waals surface area (Å²) in [7, 11) is 0. The minimum atomic E-state index is 0.0866. The summed E-state index contributed by atoms with van der Waals surface area (Å²) in [5, 5.41) is 0. The third-order valence-corrected chi connectivity index (χ3v) is 3.81. The maximum absolute atomic E-state index is 12.1. The molecule has 16 heavy (non-hydrogen) atoms. The summed E-state index contributed by atoms with van der Waals surface area (Å²) in [4.78, 5) is 13.9. The van der Waals surface area contributed by atoms with E-state index in [1.54, 1.807) is 0 Å². The van der Waals surface area contributed by atoms with Gasteiger partial charge in [-0.05, 0) is 37.1 Å². The zero-order valence-corrected chi connectivity index (χ0v) is 10.8. The number of benzene rings is 1. The van der Waals surface area contributed by atoms with Gasteiger partial charge in [0, 0.05) is 29.2 Å². The van der Waals surface area contributed by atoms with Crippen LogP contribution in [0.3, 0.4) is 0 Å². The van der Waals surface area contributed by atoms with Crippen LogP contribution in [0.15, 0.2) is 22.7 Å². The minimum absolute atomic E-state index is 0.0866. The maximum atomic E-state index is 12.1.